The largest absolute Gasteiger partial charge is 0.398 e. The van der Waals surface area contributed by atoms with Gasteiger partial charge >= 0.3 is 0 Å². The van der Waals surface area contributed by atoms with E-state index >= 15 is 0 Å². The summed E-state index contributed by atoms with van der Waals surface area (Å²) in [5.41, 5.74) is 7.29. The predicted molar refractivity (Wildman–Crippen MR) is 74.8 cm³/mol. The Morgan fingerprint density at radius 3 is 2.78 bits per heavy atom. The first kappa shape index (κ1) is 14.7. The van der Waals surface area contributed by atoms with Crippen LogP contribution < -0.4 is 11.1 Å². The number of anilines is 1. The van der Waals surface area contributed by atoms with Crippen LogP contribution in [0.25, 0.3) is 0 Å². The van der Waals surface area contributed by atoms with Gasteiger partial charge < -0.3 is 11.1 Å². The number of hydrogen-bond donors (Lipinski definition) is 2. The van der Waals surface area contributed by atoms with Crippen molar-refractivity contribution >= 4 is 22.4 Å². The maximum absolute atomic E-state index is 12.0. The Balaban J connectivity index is 2.57. The van der Waals surface area contributed by atoms with Gasteiger partial charge in [0.1, 0.15) is 5.75 Å². The van der Waals surface area contributed by atoms with Gasteiger partial charge in [0.2, 0.25) is 5.91 Å². The van der Waals surface area contributed by atoms with Crippen molar-refractivity contribution < 1.29 is 9.00 Å². The molecule has 0 saturated heterocycles. The minimum Gasteiger partial charge on any atom is -0.398 e. The molecule has 0 saturated carbocycles. The third kappa shape index (κ3) is 4.49. The Bertz CT molecular complexity index is 447. The Labute approximate surface area is 110 Å². The van der Waals surface area contributed by atoms with Crippen LogP contribution in [0.1, 0.15) is 25.3 Å². The van der Waals surface area contributed by atoms with Crippen molar-refractivity contribution in [1.82, 2.24) is 5.32 Å². The first-order valence-corrected chi connectivity index (χ1v) is 7.37. The molecule has 0 aliphatic carbocycles. The van der Waals surface area contributed by atoms with Crippen LogP contribution in [0, 0.1) is 6.92 Å². The van der Waals surface area contributed by atoms with E-state index in [4.69, 9.17) is 5.73 Å². The van der Waals surface area contributed by atoms with Crippen molar-refractivity contribution in [1.29, 1.82) is 0 Å². The number of benzene rings is 1. The van der Waals surface area contributed by atoms with Crippen LogP contribution in [0.4, 0.5) is 5.69 Å². The molecule has 1 atom stereocenters. The van der Waals surface area contributed by atoms with E-state index in [-0.39, 0.29) is 11.7 Å². The summed E-state index contributed by atoms with van der Waals surface area (Å²) in [6, 6.07) is 5.33. The Kier molecular flexibility index (Phi) is 5.85. The average molecular weight is 268 g/mol. The highest BCUT2D eigenvalue weighted by Crippen LogP contribution is 2.17. The van der Waals surface area contributed by atoms with Crippen LogP contribution in [-0.2, 0) is 15.6 Å². The van der Waals surface area contributed by atoms with E-state index in [1.165, 1.54) is 0 Å². The van der Waals surface area contributed by atoms with Crippen molar-refractivity contribution in [2.24, 2.45) is 0 Å². The molecule has 0 aromatic heterocycles. The molecule has 3 N–H and O–H groups in total. The van der Waals surface area contributed by atoms with Crippen molar-refractivity contribution in [2.75, 3.05) is 18.0 Å². The van der Waals surface area contributed by atoms with Crippen molar-refractivity contribution in [3.8, 4) is 0 Å². The van der Waals surface area contributed by atoms with Gasteiger partial charge in [0.05, 0.1) is 15.7 Å². The van der Waals surface area contributed by atoms with Crippen LogP contribution in [0.5, 0.6) is 0 Å². The second-order valence-corrected chi connectivity index (χ2v) is 5.65. The van der Waals surface area contributed by atoms with Gasteiger partial charge in [-0.2, -0.15) is 0 Å². The summed E-state index contributed by atoms with van der Waals surface area (Å²) in [6.45, 7) is 4.60. The molecule has 1 aromatic rings. The molecule has 0 spiro atoms. The number of carbonyl (C=O) groups excluding carboxylic acids is 1. The fourth-order valence-corrected chi connectivity index (χ4v) is 2.56. The molecule has 0 fully saturated rings. The van der Waals surface area contributed by atoms with Crippen LogP contribution in [-0.4, -0.2) is 22.4 Å². The van der Waals surface area contributed by atoms with Gasteiger partial charge in [-0.25, -0.2) is 0 Å². The highest BCUT2D eigenvalue weighted by molar-refractivity contribution is 7.86. The number of carbonyl (C=O) groups is 1. The monoisotopic (exact) mass is 268 g/mol. The fraction of sp³-hybridized carbons (Fsp3) is 0.462. The molecular formula is C13H20N2O2S. The summed E-state index contributed by atoms with van der Waals surface area (Å²) in [6.07, 6.45) is 1.96. The van der Waals surface area contributed by atoms with Crippen molar-refractivity contribution in [3.63, 3.8) is 0 Å². The number of rotatable bonds is 6. The highest BCUT2D eigenvalue weighted by atomic mass is 32.2. The van der Waals surface area contributed by atoms with E-state index in [0.717, 1.165) is 18.4 Å². The van der Waals surface area contributed by atoms with Gasteiger partial charge in [-0.05, 0) is 31.0 Å². The number of amides is 1. The van der Waals surface area contributed by atoms with Crippen molar-refractivity contribution in [3.05, 3.63) is 23.8 Å². The number of nitrogens with two attached hydrogens (primary N) is 1. The van der Waals surface area contributed by atoms with Gasteiger partial charge in [0.15, 0.2) is 0 Å². The molecule has 0 radical (unpaired) electrons. The Hall–Kier alpha value is -1.36. The highest BCUT2D eigenvalue weighted by Gasteiger charge is 2.12. The maximum Gasteiger partial charge on any atom is 0.233 e. The topological polar surface area (TPSA) is 72.2 Å². The molecule has 5 heteroatoms. The zero-order valence-electron chi connectivity index (χ0n) is 10.9. The van der Waals surface area contributed by atoms with Gasteiger partial charge in [0.25, 0.3) is 0 Å². The van der Waals surface area contributed by atoms with Crippen LogP contribution >= 0.6 is 0 Å². The van der Waals surface area contributed by atoms with E-state index in [9.17, 15) is 9.00 Å². The van der Waals surface area contributed by atoms with E-state index in [2.05, 4.69) is 12.2 Å². The van der Waals surface area contributed by atoms with Crippen molar-refractivity contribution in [2.45, 2.75) is 31.6 Å². The lowest BCUT2D eigenvalue weighted by Gasteiger charge is -2.07. The summed E-state index contributed by atoms with van der Waals surface area (Å²) in [7, 11) is -1.38. The molecule has 1 rings (SSSR count). The third-order valence-electron chi connectivity index (χ3n) is 2.53. The van der Waals surface area contributed by atoms with Crippen LogP contribution in [0.15, 0.2) is 23.1 Å². The van der Waals surface area contributed by atoms with E-state index < -0.39 is 10.8 Å². The first-order chi connectivity index (χ1) is 8.54. The second-order valence-electron chi connectivity index (χ2n) is 4.23. The maximum atomic E-state index is 12.0. The molecule has 0 aliphatic rings. The predicted octanol–water partition coefficient (Wildman–Crippen LogP) is 1.60. The quantitative estimate of drug-likeness (QED) is 0.608. The molecule has 0 bridgehead atoms. The number of unbranched alkanes of at least 4 members (excludes halogenated alkanes) is 1. The molecule has 18 heavy (non-hydrogen) atoms. The van der Waals surface area contributed by atoms with E-state index in [1.807, 2.05) is 13.0 Å². The zero-order valence-corrected chi connectivity index (χ0v) is 11.7. The first-order valence-electron chi connectivity index (χ1n) is 6.05. The normalized spacial score (nSPS) is 12.1. The number of aryl methyl sites for hydroxylation is 1. The van der Waals surface area contributed by atoms with Gasteiger partial charge in [-0.3, -0.25) is 9.00 Å². The Morgan fingerprint density at radius 2 is 2.17 bits per heavy atom. The summed E-state index contributed by atoms with van der Waals surface area (Å²) >= 11 is 0. The lowest BCUT2D eigenvalue weighted by Crippen LogP contribution is -2.29. The summed E-state index contributed by atoms with van der Waals surface area (Å²) < 4.78 is 12.0. The average Bonchev–Trinajstić information content (AvgIpc) is 2.28. The molecule has 0 aliphatic heterocycles. The van der Waals surface area contributed by atoms with E-state index in [1.54, 1.807) is 12.1 Å². The minimum absolute atomic E-state index is 0.0308. The summed E-state index contributed by atoms with van der Waals surface area (Å²) in [5.74, 6) is -0.224. The standard InChI is InChI=1S/C13H20N2O2S/c1-3-4-7-15-13(16)9-18(17)12-6-5-10(2)8-11(12)14/h5-6,8H,3-4,7,9,14H2,1-2H3,(H,15,16). The molecule has 4 nitrogen and oxygen atoms in total. The molecule has 100 valence electrons. The van der Waals surface area contributed by atoms with Crippen LogP contribution in [0.3, 0.4) is 0 Å². The second kappa shape index (κ2) is 7.16. The minimum atomic E-state index is -1.38. The zero-order chi connectivity index (χ0) is 13.5. The van der Waals surface area contributed by atoms with E-state index in [0.29, 0.717) is 17.1 Å². The SMILES string of the molecule is CCCCNC(=O)CS(=O)c1ccc(C)cc1N. The Morgan fingerprint density at radius 1 is 1.44 bits per heavy atom. The molecule has 1 unspecified atom stereocenters. The number of nitrogen functional groups attached to an aromatic ring is 1. The number of hydrogen-bond acceptors (Lipinski definition) is 3. The summed E-state index contributed by atoms with van der Waals surface area (Å²) in [5, 5.41) is 2.74. The van der Waals surface area contributed by atoms with Gasteiger partial charge in [0, 0.05) is 12.2 Å². The third-order valence-corrected chi connectivity index (χ3v) is 3.91. The molecular weight excluding hydrogens is 248 g/mol. The lowest BCUT2D eigenvalue weighted by molar-refractivity contribution is -0.118. The smallest absolute Gasteiger partial charge is 0.233 e. The van der Waals surface area contributed by atoms with Crippen LogP contribution in [0.2, 0.25) is 0 Å². The van der Waals surface area contributed by atoms with Gasteiger partial charge in [-0.1, -0.05) is 19.4 Å². The lowest BCUT2D eigenvalue weighted by atomic mass is 10.2. The van der Waals surface area contributed by atoms with Gasteiger partial charge in [-0.15, -0.1) is 0 Å². The fourth-order valence-electron chi connectivity index (χ4n) is 1.53. The molecule has 1 aromatic carbocycles. The number of nitrogens with one attached hydrogen (secondary N) is 1. The molecule has 0 heterocycles. The summed E-state index contributed by atoms with van der Waals surface area (Å²) in [4.78, 5) is 12.1. The molecule has 1 amide bonds.